The second kappa shape index (κ2) is 3.09. The normalized spacial score (nSPS) is 18.9. The fraction of sp³-hybridized carbons (Fsp3) is 0.250. The molecule has 0 fully saturated rings. The van der Waals surface area contributed by atoms with Crippen LogP contribution in [-0.4, -0.2) is 22.1 Å². The molecule has 1 unspecified atom stereocenters. The van der Waals surface area contributed by atoms with Crippen molar-refractivity contribution >= 4 is 16.9 Å². The molecule has 4 N–H and O–H groups in total. The SMILES string of the molecule is NC1Cc2c[nH]c3ccc(C(=O)O)c(c23)C1. The lowest BCUT2D eigenvalue weighted by atomic mass is 9.87. The molecule has 0 saturated heterocycles. The predicted molar refractivity (Wildman–Crippen MR) is 60.6 cm³/mol. The van der Waals surface area contributed by atoms with E-state index in [1.165, 1.54) is 0 Å². The van der Waals surface area contributed by atoms with Crippen LogP contribution in [0.1, 0.15) is 21.5 Å². The van der Waals surface area contributed by atoms with Crippen LogP contribution in [0.25, 0.3) is 10.9 Å². The lowest BCUT2D eigenvalue weighted by Gasteiger charge is -2.20. The predicted octanol–water partition coefficient (Wildman–Crippen LogP) is 1.29. The van der Waals surface area contributed by atoms with Gasteiger partial charge < -0.3 is 15.8 Å². The first-order valence-corrected chi connectivity index (χ1v) is 5.27. The average Bonchev–Trinajstić information content (AvgIpc) is 2.62. The number of aromatic nitrogens is 1. The van der Waals surface area contributed by atoms with E-state index < -0.39 is 5.97 Å². The van der Waals surface area contributed by atoms with Crippen molar-refractivity contribution in [2.45, 2.75) is 18.9 Å². The minimum absolute atomic E-state index is 0.0204. The maximum absolute atomic E-state index is 11.1. The molecule has 1 aliphatic carbocycles. The summed E-state index contributed by atoms with van der Waals surface area (Å²) in [6.45, 7) is 0. The maximum atomic E-state index is 11.1. The zero-order valence-corrected chi connectivity index (χ0v) is 8.66. The first kappa shape index (κ1) is 9.42. The van der Waals surface area contributed by atoms with E-state index in [4.69, 9.17) is 10.8 Å². The number of aromatic amines is 1. The summed E-state index contributed by atoms with van der Waals surface area (Å²) in [5.74, 6) is -0.877. The van der Waals surface area contributed by atoms with Crippen LogP contribution in [0.2, 0.25) is 0 Å². The largest absolute Gasteiger partial charge is 0.478 e. The van der Waals surface area contributed by atoms with Crippen LogP contribution in [-0.2, 0) is 12.8 Å². The second-order valence-electron chi connectivity index (χ2n) is 4.30. The summed E-state index contributed by atoms with van der Waals surface area (Å²) in [6.07, 6.45) is 3.39. The Balaban J connectivity index is 2.37. The Bertz CT molecular complexity index is 586. The van der Waals surface area contributed by atoms with E-state index in [1.54, 1.807) is 6.07 Å². The van der Waals surface area contributed by atoms with E-state index in [2.05, 4.69) is 4.98 Å². The first-order valence-electron chi connectivity index (χ1n) is 5.27. The van der Waals surface area contributed by atoms with Crippen LogP contribution in [0.3, 0.4) is 0 Å². The van der Waals surface area contributed by atoms with Crippen molar-refractivity contribution in [1.29, 1.82) is 0 Å². The molecule has 82 valence electrons. The number of carboxylic acid groups (broad SMARTS) is 1. The number of rotatable bonds is 1. The average molecular weight is 216 g/mol. The lowest BCUT2D eigenvalue weighted by molar-refractivity contribution is 0.0696. The van der Waals surface area contributed by atoms with Crippen molar-refractivity contribution in [2.75, 3.05) is 0 Å². The first-order chi connectivity index (χ1) is 7.66. The van der Waals surface area contributed by atoms with Crippen molar-refractivity contribution in [1.82, 2.24) is 4.98 Å². The highest BCUT2D eigenvalue weighted by Crippen LogP contribution is 2.31. The van der Waals surface area contributed by atoms with Gasteiger partial charge in [0.05, 0.1) is 5.56 Å². The molecular weight excluding hydrogens is 204 g/mol. The number of hydrogen-bond acceptors (Lipinski definition) is 2. The van der Waals surface area contributed by atoms with Crippen LogP contribution >= 0.6 is 0 Å². The van der Waals surface area contributed by atoms with Gasteiger partial charge in [-0.25, -0.2) is 4.79 Å². The third kappa shape index (κ3) is 1.17. The van der Waals surface area contributed by atoms with Gasteiger partial charge in [-0.15, -0.1) is 0 Å². The second-order valence-corrected chi connectivity index (χ2v) is 4.30. The fourth-order valence-corrected chi connectivity index (χ4v) is 2.56. The maximum Gasteiger partial charge on any atom is 0.335 e. The number of nitrogens with two attached hydrogens (primary N) is 1. The summed E-state index contributed by atoms with van der Waals surface area (Å²) >= 11 is 0. The molecule has 0 radical (unpaired) electrons. The fourth-order valence-electron chi connectivity index (χ4n) is 2.56. The lowest BCUT2D eigenvalue weighted by Crippen LogP contribution is -2.29. The Labute approximate surface area is 92.1 Å². The Morgan fingerprint density at radius 2 is 2.25 bits per heavy atom. The molecule has 16 heavy (non-hydrogen) atoms. The van der Waals surface area contributed by atoms with Gasteiger partial charge in [-0.3, -0.25) is 0 Å². The molecule has 2 aromatic rings. The Hall–Kier alpha value is -1.81. The molecule has 1 aromatic heterocycles. The number of nitrogens with one attached hydrogen (secondary N) is 1. The minimum Gasteiger partial charge on any atom is -0.478 e. The summed E-state index contributed by atoms with van der Waals surface area (Å²) < 4.78 is 0. The van der Waals surface area contributed by atoms with E-state index in [0.717, 1.165) is 28.5 Å². The summed E-state index contributed by atoms with van der Waals surface area (Å²) in [7, 11) is 0. The summed E-state index contributed by atoms with van der Waals surface area (Å²) in [5, 5.41) is 10.2. The highest BCUT2D eigenvalue weighted by Gasteiger charge is 2.23. The zero-order valence-electron chi connectivity index (χ0n) is 8.66. The third-order valence-corrected chi connectivity index (χ3v) is 3.21. The van der Waals surface area contributed by atoms with Gasteiger partial charge in [0.2, 0.25) is 0 Å². The summed E-state index contributed by atoms with van der Waals surface area (Å²) in [4.78, 5) is 14.3. The van der Waals surface area contributed by atoms with Crippen molar-refractivity contribution in [3.05, 3.63) is 35.0 Å². The smallest absolute Gasteiger partial charge is 0.335 e. The molecule has 1 aliphatic rings. The number of aromatic carboxylic acids is 1. The van der Waals surface area contributed by atoms with Crippen molar-refractivity contribution < 1.29 is 9.90 Å². The Morgan fingerprint density at radius 3 is 3.00 bits per heavy atom. The molecule has 1 atom stereocenters. The number of H-pyrrole nitrogens is 1. The number of carbonyl (C=O) groups is 1. The van der Waals surface area contributed by atoms with Gasteiger partial charge in [-0.2, -0.15) is 0 Å². The summed E-state index contributed by atoms with van der Waals surface area (Å²) in [6, 6.07) is 3.49. The van der Waals surface area contributed by atoms with Gasteiger partial charge in [0.25, 0.3) is 0 Å². The Kier molecular flexibility index (Phi) is 1.82. The number of carboxylic acids is 1. The van der Waals surface area contributed by atoms with Crippen molar-refractivity contribution in [2.24, 2.45) is 5.73 Å². The van der Waals surface area contributed by atoms with Crippen molar-refractivity contribution in [3.8, 4) is 0 Å². The third-order valence-electron chi connectivity index (χ3n) is 3.21. The highest BCUT2D eigenvalue weighted by molar-refractivity contribution is 5.98. The van der Waals surface area contributed by atoms with E-state index >= 15 is 0 Å². The highest BCUT2D eigenvalue weighted by atomic mass is 16.4. The van der Waals surface area contributed by atoms with Crippen LogP contribution in [0.4, 0.5) is 0 Å². The van der Waals surface area contributed by atoms with Gasteiger partial charge in [-0.1, -0.05) is 0 Å². The molecule has 0 aliphatic heterocycles. The molecule has 3 rings (SSSR count). The van der Waals surface area contributed by atoms with Crippen LogP contribution in [0, 0.1) is 0 Å². The van der Waals surface area contributed by atoms with Gasteiger partial charge in [-0.05, 0) is 36.1 Å². The molecule has 0 spiro atoms. The van der Waals surface area contributed by atoms with E-state index in [0.29, 0.717) is 12.0 Å². The van der Waals surface area contributed by atoms with Crippen molar-refractivity contribution in [3.63, 3.8) is 0 Å². The molecular formula is C12H12N2O2. The number of benzene rings is 1. The molecule has 1 heterocycles. The van der Waals surface area contributed by atoms with Gasteiger partial charge in [0.15, 0.2) is 0 Å². The molecule has 0 amide bonds. The minimum atomic E-state index is -0.877. The van der Waals surface area contributed by atoms with Gasteiger partial charge in [0, 0.05) is 23.1 Å². The number of hydrogen-bond donors (Lipinski definition) is 3. The molecule has 0 saturated carbocycles. The molecule has 4 heteroatoms. The van der Waals surface area contributed by atoms with Crippen LogP contribution < -0.4 is 5.73 Å². The van der Waals surface area contributed by atoms with Crippen LogP contribution in [0.5, 0.6) is 0 Å². The Morgan fingerprint density at radius 1 is 1.44 bits per heavy atom. The quantitative estimate of drug-likeness (QED) is 0.672. The van der Waals surface area contributed by atoms with E-state index in [1.807, 2.05) is 12.3 Å². The topological polar surface area (TPSA) is 79.1 Å². The zero-order chi connectivity index (χ0) is 11.3. The monoisotopic (exact) mass is 216 g/mol. The molecule has 1 aromatic carbocycles. The molecule has 4 nitrogen and oxygen atoms in total. The molecule has 0 bridgehead atoms. The van der Waals surface area contributed by atoms with E-state index in [9.17, 15) is 4.79 Å². The van der Waals surface area contributed by atoms with E-state index in [-0.39, 0.29) is 6.04 Å². The van der Waals surface area contributed by atoms with Gasteiger partial charge >= 0.3 is 5.97 Å². The standard InChI is InChI=1S/C12H12N2O2/c13-7-3-6-5-14-10-2-1-8(12(15)16)9(4-7)11(6)10/h1-2,5,7,14H,3-4,13H2,(H,15,16). The van der Waals surface area contributed by atoms with Crippen LogP contribution in [0.15, 0.2) is 18.3 Å². The van der Waals surface area contributed by atoms with Gasteiger partial charge in [0.1, 0.15) is 0 Å². The summed E-state index contributed by atoms with van der Waals surface area (Å²) in [5.41, 5.74) is 9.33.